The normalized spacial score (nSPS) is 15.0. The molecule has 2 heterocycles. The molecule has 1 N–H and O–H groups in total. The summed E-state index contributed by atoms with van der Waals surface area (Å²) in [6.07, 6.45) is 8.05. The lowest BCUT2D eigenvalue weighted by molar-refractivity contribution is 0.0345. The molecule has 0 spiro atoms. The Hall–Kier alpha value is -2.05. The van der Waals surface area contributed by atoms with Crippen molar-refractivity contribution in [2.24, 2.45) is 5.41 Å². The van der Waals surface area contributed by atoms with E-state index in [9.17, 15) is 9.90 Å². The number of ether oxygens (including phenoxy) is 3. The van der Waals surface area contributed by atoms with Gasteiger partial charge < -0.3 is 23.7 Å². The quantitative estimate of drug-likeness (QED) is 0.560. The van der Waals surface area contributed by atoms with Crippen molar-refractivity contribution in [1.29, 1.82) is 0 Å². The van der Waals surface area contributed by atoms with Crippen molar-refractivity contribution < 1.29 is 23.7 Å². The van der Waals surface area contributed by atoms with Gasteiger partial charge in [0.25, 0.3) is 0 Å². The van der Waals surface area contributed by atoms with Crippen LogP contribution in [0.2, 0.25) is 0 Å². The van der Waals surface area contributed by atoms with E-state index in [2.05, 4.69) is 13.8 Å². The van der Waals surface area contributed by atoms with E-state index >= 15 is 0 Å². The average molecular weight is 392 g/mol. The van der Waals surface area contributed by atoms with Crippen LogP contribution >= 0.6 is 0 Å². The molecule has 1 aromatic rings. The first-order valence-corrected chi connectivity index (χ1v) is 9.68. The Labute approximate surface area is 166 Å². The largest absolute Gasteiger partial charge is 0.509 e. The molecule has 1 aliphatic rings. The zero-order valence-electron chi connectivity index (χ0n) is 17.3. The predicted octanol–water partition coefficient (Wildman–Crippen LogP) is 4.46. The molecule has 28 heavy (non-hydrogen) atoms. The number of hydrogen-bond donors (Lipinski definition) is 1. The van der Waals surface area contributed by atoms with Crippen LogP contribution in [-0.4, -0.2) is 31.5 Å². The molecule has 6 heteroatoms. The van der Waals surface area contributed by atoms with Crippen molar-refractivity contribution in [1.82, 2.24) is 0 Å². The van der Waals surface area contributed by atoms with Crippen molar-refractivity contribution in [3.63, 3.8) is 0 Å². The summed E-state index contributed by atoms with van der Waals surface area (Å²) < 4.78 is 21.6. The minimum Gasteiger partial charge on any atom is -0.509 e. The van der Waals surface area contributed by atoms with E-state index in [1.165, 1.54) is 24.9 Å². The zero-order chi connectivity index (χ0) is 20.6. The van der Waals surface area contributed by atoms with Crippen LogP contribution in [0.25, 0.3) is 0 Å². The molecule has 6 nitrogen and oxygen atoms in total. The summed E-state index contributed by atoms with van der Waals surface area (Å²) in [5.41, 5.74) is 1.30. The monoisotopic (exact) mass is 392 g/mol. The second-order valence-electron chi connectivity index (χ2n) is 8.39. The Bertz CT molecular complexity index is 741. The molecule has 0 fully saturated rings. The standard InChI is InChI=1S/C22H32O6/c1-21(2,17-13-18(23)15-28-14-17)6-9-25-11-12-26-10-7-22(3,4)19-16-27-8-5-20(19)24/h5,8,14-16,23H,6-7,9-13H2,1-4H3. The minimum absolute atomic E-state index is 0.00973. The molecule has 1 aliphatic heterocycles. The first-order chi connectivity index (χ1) is 13.2. The van der Waals surface area contributed by atoms with Gasteiger partial charge in [-0.1, -0.05) is 27.7 Å². The minimum atomic E-state index is -0.303. The highest BCUT2D eigenvalue weighted by Crippen LogP contribution is 2.35. The Morgan fingerprint density at radius 1 is 1.00 bits per heavy atom. The third kappa shape index (κ3) is 6.53. The Morgan fingerprint density at radius 2 is 1.64 bits per heavy atom. The summed E-state index contributed by atoms with van der Waals surface area (Å²) in [6.45, 7) is 10.4. The molecular formula is C22H32O6. The molecule has 0 radical (unpaired) electrons. The summed E-state index contributed by atoms with van der Waals surface area (Å²) in [6, 6.07) is 1.44. The van der Waals surface area contributed by atoms with E-state index < -0.39 is 0 Å². The molecule has 0 atom stereocenters. The van der Waals surface area contributed by atoms with E-state index in [1.54, 1.807) is 6.26 Å². The van der Waals surface area contributed by atoms with Gasteiger partial charge in [-0.25, -0.2) is 0 Å². The van der Waals surface area contributed by atoms with Crippen LogP contribution in [0.4, 0.5) is 0 Å². The summed E-state index contributed by atoms with van der Waals surface area (Å²) in [5, 5.41) is 9.61. The molecule has 0 saturated carbocycles. The smallest absolute Gasteiger partial charge is 0.188 e. The third-order valence-corrected chi connectivity index (χ3v) is 5.25. The van der Waals surface area contributed by atoms with Crippen molar-refractivity contribution in [3.8, 4) is 0 Å². The molecule has 0 aromatic carbocycles. The van der Waals surface area contributed by atoms with Gasteiger partial charge in [0.2, 0.25) is 0 Å². The van der Waals surface area contributed by atoms with E-state index in [0.717, 1.165) is 18.4 Å². The maximum Gasteiger partial charge on any atom is 0.188 e. The molecule has 0 saturated heterocycles. The van der Waals surface area contributed by atoms with Gasteiger partial charge in [0.1, 0.15) is 12.0 Å². The fourth-order valence-electron chi connectivity index (χ4n) is 2.99. The highest BCUT2D eigenvalue weighted by Gasteiger charge is 2.26. The molecule has 2 rings (SSSR count). The molecular weight excluding hydrogens is 360 g/mol. The Balaban J connectivity index is 1.60. The van der Waals surface area contributed by atoms with E-state index in [1.807, 2.05) is 13.8 Å². The molecule has 0 unspecified atom stereocenters. The Morgan fingerprint density at radius 3 is 2.25 bits per heavy atom. The Kier molecular flexibility index (Phi) is 7.89. The van der Waals surface area contributed by atoms with Gasteiger partial charge in [-0.3, -0.25) is 4.79 Å². The second kappa shape index (κ2) is 9.94. The molecule has 1 aromatic heterocycles. The lowest BCUT2D eigenvalue weighted by Crippen LogP contribution is -2.27. The first kappa shape index (κ1) is 22.2. The van der Waals surface area contributed by atoms with Crippen molar-refractivity contribution in [2.45, 2.75) is 52.4 Å². The number of rotatable bonds is 11. The first-order valence-electron chi connectivity index (χ1n) is 9.68. The maximum absolute atomic E-state index is 11.9. The van der Waals surface area contributed by atoms with Crippen LogP contribution in [0.5, 0.6) is 0 Å². The predicted molar refractivity (Wildman–Crippen MR) is 107 cm³/mol. The maximum atomic E-state index is 11.9. The zero-order valence-corrected chi connectivity index (χ0v) is 17.3. The van der Waals surface area contributed by atoms with Crippen molar-refractivity contribution in [2.75, 3.05) is 26.4 Å². The summed E-state index contributed by atoms with van der Waals surface area (Å²) in [5.74, 6) is 0.246. The second-order valence-corrected chi connectivity index (χ2v) is 8.39. The van der Waals surface area contributed by atoms with Crippen LogP contribution in [0.1, 0.15) is 52.5 Å². The number of allylic oxidation sites excluding steroid dienone is 1. The summed E-state index contributed by atoms with van der Waals surface area (Å²) >= 11 is 0. The van der Waals surface area contributed by atoms with E-state index in [0.29, 0.717) is 38.4 Å². The van der Waals surface area contributed by atoms with Crippen molar-refractivity contribution in [3.05, 3.63) is 58.2 Å². The SMILES string of the molecule is CC(C)(CCOCCOCCC(C)(C)c1coccc1=O)C1=COC=C(O)C1. The van der Waals surface area contributed by atoms with Gasteiger partial charge >= 0.3 is 0 Å². The summed E-state index contributed by atoms with van der Waals surface area (Å²) in [4.78, 5) is 11.9. The molecule has 0 amide bonds. The van der Waals surface area contributed by atoms with Crippen LogP contribution in [0.3, 0.4) is 0 Å². The summed E-state index contributed by atoms with van der Waals surface area (Å²) in [7, 11) is 0. The molecule has 0 aliphatic carbocycles. The average Bonchev–Trinajstić information content (AvgIpc) is 2.64. The topological polar surface area (TPSA) is 78.1 Å². The number of hydrogen-bond acceptors (Lipinski definition) is 6. The van der Waals surface area contributed by atoms with Gasteiger partial charge in [0, 0.05) is 31.3 Å². The molecule has 156 valence electrons. The fourth-order valence-corrected chi connectivity index (χ4v) is 2.99. The van der Waals surface area contributed by atoms with Gasteiger partial charge in [0.05, 0.1) is 32.0 Å². The highest BCUT2D eigenvalue weighted by molar-refractivity contribution is 5.19. The lowest BCUT2D eigenvalue weighted by atomic mass is 9.80. The van der Waals surface area contributed by atoms with E-state index in [4.69, 9.17) is 18.6 Å². The van der Waals surface area contributed by atoms with E-state index in [-0.39, 0.29) is 22.0 Å². The van der Waals surface area contributed by atoms with Gasteiger partial charge in [0.15, 0.2) is 5.43 Å². The lowest BCUT2D eigenvalue weighted by Gasteiger charge is -2.29. The van der Waals surface area contributed by atoms with Crippen LogP contribution < -0.4 is 5.43 Å². The van der Waals surface area contributed by atoms with Gasteiger partial charge in [-0.15, -0.1) is 0 Å². The van der Waals surface area contributed by atoms with Crippen LogP contribution in [0, 0.1) is 5.41 Å². The third-order valence-electron chi connectivity index (χ3n) is 5.25. The van der Waals surface area contributed by atoms with Gasteiger partial charge in [-0.05, 0) is 29.2 Å². The highest BCUT2D eigenvalue weighted by atomic mass is 16.5. The number of aliphatic hydroxyl groups excluding tert-OH is 1. The van der Waals surface area contributed by atoms with Crippen molar-refractivity contribution >= 4 is 0 Å². The fraction of sp³-hybridized carbons (Fsp3) is 0.591. The number of aliphatic hydroxyl groups is 1. The van der Waals surface area contributed by atoms with Crippen LogP contribution in [-0.2, 0) is 19.6 Å². The van der Waals surface area contributed by atoms with Gasteiger partial charge in [-0.2, -0.15) is 0 Å². The molecule has 0 bridgehead atoms. The van der Waals surface area contributed by atoms with Crippen LogP contribution in [0.15, 0.2) is 51.7 Å².